The third-order valence-electron chi connectivity index (χ3n) is 4.08. The summed E-state index contributed by atoms with van der Waals surface area (Å²) in [5, 5.41) is 2.84. The highest BCUT2D eigenvalue weighted by Crippen LogP contribution is 2.28. The van der Waals surface area contributed by atoms with Gasteiger partial charge in [0.15, 0.2) is 6.61 Å². The van der Waals surface area contributed by atoms with Crippen LogP contribution in [0.5, 0.6) is 11.5 Å². The molecule has 0 unspecified atom stereocenters. The fourth-order valence-electron chi connectivity index (χ4n) is 2.67. The van der Waals surface area contributed by atoms with Gasteiger partial charge in [-0.15, -0.1) is 0 Å². The molecule has 27 heavy (non-hydrogen) atoms. The summed E-state index contributed by atoms with van der Waals surface area (Å²) in [6.07, 6.45) is 1.66. The van der Waals surface area contributed by atoms with Crippen molar-refractivity contribution in [2.75, 3.05) is 20.8 Å². The van der Waals surface area contributed by atoms with Crippen molar-refractivity contribution < 1.29 is 23.8 Å². The number of aryl methyl sites for hydroxylation is 1. The van der Waals surface area contributed by atoms with Crippen molar-refractivity contribution in [3.05, 3.63) is 59.7 Å². The average molecular weight is 371 g/mol. The van der Waals surface area contributed by atoms with Gasteiger partial charge < -0.3 is 19.5 Å². The van der Waals surface area contributed by atoms with Crippen molar-refractivity contribution in [3.8, 4) is 11.5 Å². The highest BCUT2D eigenvalue weighted by molar-refractivity contribution is 5.96. The minimum atomic E-state index is -0.670. The van der Waals surface area contributed by atoms with Crippen LogP contribution in [0, 0.1) is 0 Å². The molecule has 1 atom stereocenters. The van der Waals surface area contributed by atoms with E-state index in [0.717, 1.165) is 12.8 Å². The van der Waals surface area contributed by atoms with Gasteiger partial charge in [0.1, 0.15) is 17.1 Å². The summed E-state index contributed by atoms with van der Waals surface area (Å²) < 4.78 is 15.5. The first-order valence-corrected chi connectivity index (χ1v) is 8.76. The molecule has 2 rings (SSSR count). The number of esters is 1. The molecule has 1 amide bonds. The van der Waals surface area contributed by atoms with E-state index in [-0.39, 0.29) is 24.1 Å². The number of ether oxygens (including phenoxy) is 3. The Morgan fingerprint density at radius 2 is 1.59 bits per heavy atom. The van der Waals surface area contributed by atoms with Gasteiger partial charge in [-0.25, -0.2) is 4.79 Å². The molecule has 0 saturated carbocycles. The lowest BCUT2D eigenvalue weighted by molar-refractivity contribution is -0.124. The van der Waals surface area contributed by atoms with Crippen LogP contribution in [-0.2, 0) is 16.0 Å². The number of hydrogen-bond acceptors (Lipinski definition) is 5. The lowest BCUT2D eigenvalue weighted by Crippen LogP contribution is -2.36. The standard InChI is InChI=1S/C21H25NO5/c1-15(12-13-16-8-5-4-6-9-16)22-19(23)14-27-21(24)20-17(25-2)10-7-11-18(20)26-3/h4-11,15H,12-14H2,1-3H3,(H,22,23)/t15-/m1/s1. The average Bonchev–Trinajstić information content (AvgIpc) is 2.70. The summed E-state index contributed by atoms with van der Waals surface area (Å²) in [6.45, 7) is 1.56. The second-order valence-corrected chi connectivity index (χ2v) is 6.11. The summed E-state index contributed by atoms with van der Waals surface area (Å²) in [5.74, 6) is -0.360. The Labute approximate surface area is 159 Å². The van der Waals surface area contributed by atoms with Gasteiger partial charge in [0.25, 0.3) is 5.91 Å². The van der Waals surface area contributed by atoms with Crippen molar-refractivity contribution in [1.82, 2.24) is 5.32 Å². The lowest BCUT2D eigenvalue weighted by Gasteiger charge is -2.15. The number of benzene rings is 2. The van der Waals surface area contributed by atoms with Gasteiger partial charge in [-0.2, -0.15) is 0 Å². The minimum absolute atomic E-state index is 0.0304. The Kier molecular flexibility index (Phi) is 7.67. The normalized spacial score (nSPS) is 11.4. The molecule has 144 valence electrons. The molecule has 0 saturated heterocycles. The molecule has 0 aliphatic heterocycles. The van der Waals surface area contributed by atoms with E-state index in [0.29, 0.717) is 11.5 Å². The lowest BCUT2D eigenvalue weighted by atomic mass is 10.1. The predicted molar refractivity (Wildman–Crippen MR) is 102 cm³/mol. The van der Waals surface area contributed by atoms with E-state index in [1.165, 1.54) is 19.8 Å². The molecule has 0 heterocycles. The fourth-order valence-corrected chi connectivity index (χ4v) is 2.67. The van der Waals surface area contributed by atoms with Crippen molar-refractivity contribution in [1.29, 1.82) is 0 Å². The van der Waals surface area contributed by atoms with Gasteiger partial charge in [0.2, 0.25) is 0 Å². The van der Waals surface area contributed by atoms with E-state index in [4.69, 9.17) is 14.2 Å². The molecule has 0 bridgehead atoms. The number of amides is 1. The largest absolute Gasteiger partial charge is 0.496 e. The van der Waals surface area contributed by atoms with Crippen LogP contribution in [0.4, 0.5) is 0 Å². The first-order valence-electron chi connectivity index (χ1n) is 8.76. The first-order chi connectivity index (χ1) is 13.0. The van der Waals surface area contributed by atoms with Crippen molar-refractivity contribution >= 4 is 11.9 Å². The summed E-state index contributed by atoms with van der Waals surface area (Å²) in [5.41, 5.74) is 1.38. The third kappa shape index (κ3) is 6.02. The highest BCUT2D eigenvalue weighted by Gasteiger charge is 2.20. The Hall–Kier alpha value is -3.02. The topological polar surface area (TPSA) is 73.9 Å². The molecule has 2 aromatic rings. The number of nitrogens with one attached hydrogen (secondary N) is 1. The molecule has 2 aromatic carbocycles. The van der Waals surface area contributed by atoms with Crippen LogP contribution in [0.15, 0.2) is 48.5 Å². The predicted octanol–water partition coefficient (Wildman–Crippen LogP) is 3.00. The molecular formula is C21H25NO5. The van der Waals surface area contributed by atoms with Crippen molar-refractivity contribution in [3.63, 3.8) is 0 Å². The summed E-state index contributed by atoms with van der Waals surface area (Å²) in [6, 6.07) is 15.0. The maximum Gasteiger partial charge on any atom is 0.346 e. The summed E-state index contributed by atoms with van der Waals surface area (Å²) in [7, 11) is 2.90. The zero-order valence-electron chi connectivity index (χ0n) is 15.9. The smallest absolute Gasteiger partial charge is 0.346 e. The molecule has 0 spiro atoms. The summed E-state index contributed by atoms with van der Waals surface area (Å²) >= 11 is 0. The van der Waals surface area contributed by atoms with E-state index >= 15 is 0 Å². The van der Waals surface area contributed by atoms with E-state index < -0.39 is 5.97 Å². The van der Waals surface area contributed by atoms with Crippen LogP contribution in [0.2, 0.25) is 0 Å². The molecule has 0 radical (unpaired) electrons. The Morgan fingerprint density at radius 1 is 0.963 bits per heavy atom. The van der Waals surface area contributed by atoms with Crippen molar-refractivity contribution in [2.24, 2.45) is 0 Å². The van der Waals surface area contributed by atoms with Crippen molar-refractivity contribution in [2.45, 2.75) is 25.8 Å². The van der Waals surface area contributed by atoms with E-state index in [1.54, 1.807) is 18.2 Å². The number of carbonyl (C=O) groups excluding carboxylic acids is 2. The van der Waals surface area contributed by atoms with E-state index in [9.17, 15) is 9.59 Å². The van der Waals surface area contributed by atoms with Gasteiger partial charge in [-0.05, 0) is 37.5 Å². The molecule has 6 nitrogen and oxygen atoms in total. The fraction of sp³-hybridized carbons (Fsp3) is 0.333. The first kappa shape index (κ1) is 20.3. The zero-order chi connectivity index (χ0) is 19.6. The zero-order valence-corrected chi connectivity index (χ0v) is 15.9. The minimum Gasteiger partial charge on any atom is -0.496 e. The van der Waals surface area contributed by atoms with Crippen LogP contribution in [0.1, 0.15) is 29.3 Å². The second kappa shape index (κ2) is 10.2. The Balaban J connectivity index is 1.84. The quantitative estimate of drug-likeness (QED) is 0.686. The SMILES string of the molecule is COc1cccc(OC)c1C(=O)OCC(=O)N[C@H](C)CCc1ccccc1. The maximum atomic E-state index is 12.3. The molecule has 0 fully saturated rings. The van der Waals surface area contributed by atoms with Crippen LogP contribution in [-0.4, -0.2) is 38.7 Å². The van der Waals surface area contributed by atoms with E-state index in [1.807, 2.05) is 25.1 Å². The summed E-state index contributed by atoms with van der Waals surface area (Å²) in [4.78, 5) is 24.4. The van der Waals surface area contributed by atoms with Crippen LogP contribution in [0.3, 0.4) is 0 Å². The van der Waals surface area contributed by atoms with Gasteiger partial charge in [0, 0.05) is 6.04 Å². The number of rotatable bonds is 9. The third-order valence-corrected chi connectivity index (χ3v) is 4.08. The van der Waals surface area contributed by atoms with Gasteiger partial charge in [-0.1, -0.05) is 36.4 Å². The number of methoxy groups -OCH3 is 2. The molecule has 0 aliphatic rings. The van der Waals surface area contributed by atoms with Crippen LogP contribution in [0.25, 0.3) is 0 Å². The van der Waals surface area contributed by atoms with Gasteiger partial charge in [-0.3, -0.25) is 4.79 Å². The van der Waals surface area contributed by atoms with Crippen LogP contribution >= 0.6 is 0 Å². The molecule has 6 heteroatoms. The monoisotopic (exact) mass is 371 g/mol. The second-order valence-electron chi connectivity index (χ2n) is 6.11. The number of hydrogen-bond donors (Lipinski definition) is 1. The highest BCUT2D eigenvalue weighted by atomic mass is 16.5. The molecule has 0 aliphatic carbocycles. The molecule has 0 aromatic heterocycles. The number of carbonyl (C=O) groups is 2. The van der Waals surface area contributed by atoms with Gasteiger partial charge in [0.05, 0.1) is 14.2 Å². The van der Waals surface area contributed by atoms with Crippen LogP contribution < -0.4 is 14.8 Å². The molecule has 1 N–H and O–H groups in total. The Morgan fingerprint density at radius 3 is 2.19 bits per heavy atom. The Bertz CT molecular complexity index is 738. The van der Waals surface area contributed by atoms with Gasteiger partial charge >= 0.3 is 5.97 Å². The molecular weight excluding hydrogens is 346 g/mol. The van der Waals surface area contributed by atoms with E-state index in [2.05, 4.69) is 17.4 Å². The maximum absolute atomic E-state index is 12.3.